The monoisotopic (exact) mass is 378 g/mol. The van der Waals surface area contributed by atoms with Gasteiger partial charge in [0.15, 0.2) is 0 Å². The Morgan fingerprint density at radius 1 is 1.07 bits per heavy atom. The van der Waals surface area contributed by atoms with Crippen LogP contribution in [-0.2, 0) is 6.54 Å². The fourth-order valence-electron chi connectivity index (χ4n) is 3.49. The first-order chi connectivity index (χ1) is 13.7. The van der Waals surface area contributed by atoms with E-state index in [0.717, 1.165) is 28.1 Å². The molecule has 28 heavy (non-hydrogen) atoms. The summed E-state index contributed by atoms with van der Waals surface area (Å²) in [5, 5.41) is 6.80. The molecule has 3 aromatic rings. The normalized spacial score (nSPS) is 13.9. The molecule has 1 fully saturated rings. The van der Waals surface area contributed by atoms with Crippen LogP contribution in [-0.4, -0.2) is 48.4 Å². The lowest BCUT2D eigenvalue weighted by Crippen LogP contribution is -2.31. The Balaban J connectivity index is 1.55. The Morgan fingerprint density at radius 2 is 1.89 bits per heavy atom. The quantitative estimate of drug-likeness (QED) is 0.712. The molecule has 2 heterocycles. The summed E-state index contributed by atoms with van der Waals surface area (Å²) in [5.74, 6) is 1.50. The van der Waals surface area contributed by atoms with Gasteiger partial charge in [0.2, 0.25) is 0 Å². The summed E-state index contributed by atoms with van der Waals surface area (Å²) in [4.78, 5) is 16.6. The number of benzene rings is 2. The molecule has 0 unspecified atom stereocenters. The number of hydrogen-bond donors (Lipinski definition) is 1. The van der Waals surface area contributed by atoms with Gasteiger partial charge in [-0.2, -0.15) is 5.10 Å². The number of methoxy groups -OCH3 is 2. The molecule has 0 aliphatic carbocycles. The Morgan fingerprint density at radius 3 is 2.64 bits per heavy atom. The predicted molar refractivity (Wildman–Crippen MR) is 107 cm³/mol. The summed E-state index contributed by atoms with van der Waals surface area (Å²) in [7, 11) is 3.27. The second-order valence-electron chi connectivity index (χ2n) is 6.54. The number of carbonyl (C=O) groups excluding carboxylic acids is 1. The van der Waals surface area contributed by atoms with E-state index in [1.54, 1.807) is 25.3 Å². The van der Waals surface area contributed by atoms with E-state index in [9.17, 15) is 4.79 Å². The van der Waals surface area contributed by atoms with Crippen LogP contribution in [0.15, 0.2) is 54.9 Å². The maximum atomic E-state index is 13.0. The molecule has 2 amide bonds. The summed E-state index contributed by atoms with van der Waals surface area (Å²) in [6.07, 6.45) is 3.56. The van der Waals surface area contributed by atoms with Crippen molar-refractivity contribution in [3.8, 4) is 22.6 Å². The Labute approximate surface area is 163 Å². The van der Waals surface area contributed by atoms with Gasteiger partial charge in [-0.1, -0.05) is 18.2 Å². The lowest BCUT2D eigenvalue weighted by molar-refractivity contribution is 0.218. The molecular formula is C21H22N4O3. The van der Waals surface area contributed by atoms with Crippen molar-refractivity contribution in [1.82, 2.24) is 15.1 Å². The molecule has 1 aliphatic rings. The maximum absolute atomic E-state index is 13.0. The minimum absolute atomic E-state index is 0.0241. The van der Waals surface area contributed by atoms with Crippen LogP contribution >= 0.6 is 0 Å². The van der Waals surface area contributed by atoms with E-state index in [-0.39, 0.29) is 6.03 Å². The van der Waals surface area contributed by atoms with E-state index < -0.39 is 0 Å². The number of anilines is 1. The number of rotatable bonds is 6. The number of hydrogen-bond acceptors (Lipinski definition) is 4. The van der Waals surface area contributed by atoms with E-state index in [4.69, 9.17) is 9.47 Å². The number of aromatic amines is 1. The Kier molecular flexibility index (Phi) is 4.89. The van der Waals surface area contributed by atoms with Crippen LogP contribution in [0.5, 0.6) is 11.5 Å². The number of ether oxygens (including phenoxy) is 2. The fourth-order valence-corrected chi connectivity index (χ4v) is 3.49. The molecule has 0 bridgehead atoms. The van der Waals surface area contributed by atoms with Crippen LogP contribution in [0.1, 0.15) is 5.56 Å². The van der Waals surface area contributed by atoms with Gasteiger partial charge in [0.1, 0.15) is 11.5 Å². The highest BCUT2D eigenvalue weighted by Crippen LogP contribution is 2.34. The molecule has 0 saturated carbocycles. The molecule has 7 nitrogen and oxygen atoms in total. The van der Waals surface area contributed by atoms with Gasteiger partial charge in [0, 0.05) is 47.7 Å². The Bertz CT molecular complexity index is 972. The first kappa shape index (κ1) is 17.9. The summed E-state index contributed by atoms with van der Waals surface area (Å²) in [6.45, 7) is 1.80. The van der Waals surface area contributed by atoms with Crippen LogP contribution in [0.25, 0.3) is 11.1 Å². The van der Waals surface area contributed by atoms with E-state index in [1.165, 1.54) is 0 Å². The largest absolute Gasteiger partial charge is 0.496 e. The average Bonchev–Trinajstić information content (AvgIpc) is 3.39. The van der Waals surface area contributed by atoms with Crippen molar-refractivity contribution in [3.05, 3.63) is 60.4 Å². The zero-order valence-corrected chi connectivity index (χ0v) is 15.9. The lowest BCUT2D eigenvalue weighted by Gasteiger charge is -2.20. The second kappa shape index (κ2) is 7.64. The third-order valence-corrected chi connectivity index (χ3v) is 4.95. The van der Waals surface area contributed by atoms with Crippen molar-refractivity contribution in [1.29, 1.82) is 0 Å². The maximum Gasteiger partial charge on any atom is 0.324 e. The topological polar surface area (TPSA) is 70.7 Å². The number of amides is 2. The van der Waals surface area contributed by atoms with Crippen molar-refractivity contribution in [2.45, 2.75) is 6.54 Å². The molecule has 7 heteroatoms. The third-order valence-electron chi connectivity index (χ3n) is 4.95. The molecule has 2 aromatic carbocycles. The van der Waals surface area contributed by atoms with Crippen molar-refractivity contribution < 1.29 is 14.3 Å². The minimum Gasteiger partial charge on any atom is -0.496 e. The number of para-hydroxylation sites is 1. The number of aromatic nitrogens is 2. The molecule has 1 N–H and O–H groups in total. The van der Waals surface area contributed by atoms with Gasteiger partial charge in [-0.25, -0.2) is 4.79 Å². The van der Waals surface area contributed by atoms with Gasteiger partial charge in [-0.15, -0.1) is 0 Å². The lowest BCUT2D eigenvalue weighted by atomic mass is 10.1. The van der Waals surface area contributed by atoms with Crippen LogP contribution < -0.4 is 14.4 Å². The minimum atomic E-state index is -0.0241. The fraction of sp³-hybridized carbons (Fsp3) is 0.238. The standard InChI is InChI=1S/C21H22N4O3/c1-27-19-6-4-3-5-15(19)14-24-9-10-25(21(24)26)17-7-8-18(20(11-17)28-2)16-12-22-23-13-16/h3-8,11-13H,9-10,14H2,1-2H3,(H,22,23). The highest BCUT2D eigenvalue weighted by atomic mass is 16.5. The van der Waals surface area contributed by atoms with Crippen molar-refractivity contribution >= 4 is 11.7 Å². The summed E-state index contributed by atoms with van der Waals surface area (Å²) in [5.41, 5.74) is 3.68. The first-order valence-electron chi connectivity index (χ1n) is 9.07. The molecule has 0 radical (unpaired) electrons. The molecule has 0 atom stereocenters. The van der Waals surface area contributed by atoms with Crippen LogP contribution in [0.2, 0.25) is 0 Å². The highest BCUT2D eigenvalue weighted by Gasteiger charge is 2.30. The van der Waals surface area contributed by atoms with Crippen LogP contribution in [0.4, 0.5) is 10.5 Å². The van der Waals surface area contributed by atoms with Gasteiger partial charge in [0.25, 0.3) is 0 Å². The summed E-state index contributed by atoms with van der Waals surface area (Å²) in [6, 6.07) is 13.5. The third kappa shape index (κ3) is 3.26. The molecule has 1 aromatic heterocycles. The van der Waals surface area contributed by atoms with E-state index in [1.807, 2.05) is 53.6 Å². The molecule has 1 saturated heterocycles. The number of nitrogens with one attached hydrogen (secondary N) is 1. The van der Waals surface area contributed by atoms with Gasteiger partial charge in [-0.05, 0) is 18.2 Å². The first-order valence-corrected chi connectivity index (χ1v) is 9.07. The van der Waals surface area contributed by atoms with Crippen molar-refractivity contribution in [2.24, 2.45) is 0 Å². The van der Waals surface area contributed by atoms with Crippen LogP contribution in [0, 0.1) is 0 Å². The summed E-state index contributed by atoms with van der Waals surface area (Å²) >= 11 is 0. The van der Waals surface area contributed by atoms with Gasteiger partial charge in [-0.3, -0.25) is 10.00 Å². The number of nitrogens with zero attached hydrogens (tertiary/aromatic N) is 3. The number of carbonyl (C=O) groups is 1. The number of urea groups is 1. The van der Waals surface area contributed by atoms with Gasteiger partial charge >= 0.3 is 6.03 Å². The van der Waals surface area contributed by atoms with E-state index >= 15 is 0 Å². The highest BCUT2D eigenvalue weighted by molar-refractivity contribution is 5.95. The zero-order chi connectivity index (χ0) is 19.5. The van der Waals surface area contributed by atoms with Crippen LogP contribution in [0.3, 0.4) is 0 Å². The Hall–Kier alpha value is -3.48. The predicted octanol–water partition coefficient (Wildman–Crippen LogP) is 3.54. The second-order valence-corrected chi connectivity index (χ2v) is 6.54. The number of H-pyrrole nitrogens is 1. The van der Waals surface area contributed by atoms with Crippen molar-refractivity contribution in [2.75, 3.05) is 32.2 Å². The molecule has 144 valence electrons. The molecule has 1 aliphatic heterocycles. The average molecular weight is 378 g/mol. The summed E-state index contributed by atoms with van der Waals surface area (Å²) < 4.78 is 11.0. The zero-order valence-electron chi connectivity index (χ0n) is 15.9. The van der Waals surface area contributed by atoms with Crippen molar-refractivity contribution in [3.63, 3.8) is 0 Å². The molecular weight excluding hydrogens is 356 g/mol. The SMILES string of the molecule is COc1ccccc1CN1CCN(c2ccc(-c3cn[nH]c3)c(OC)c2)C1=O. The molecule has 4 rings (SSSR count). The van der Waals surface area contributed by atoms with E-state index in [2.05, 4.69) is 10.2 Å². The smallest absolute Gasteiger partial charge is 0.324 e. The van der Waals surface area contributed by atoms with E-state index in [0.29, 0.717) is 25.4 Å². The molecule has 0 spiro atoms. The van der Waals surface area contributed by atoms with Gasteiger partial charge < -0.3 is 14.4 Å². The van der Waals surface area contributed by atoms with Gasteiger partial charge in [0.05, 0.1) is 27.0 Å².